The first kappa shape index (κ1) is 11.7. The minimum absolute atomic E-state index is 0.846. The highest BCUT2D eigenvalue weighted by Crippen LogP contribution is 2.17. The van der Waals surface area contributed by atoms with Crippen LogP contribution >= 0.6 is 11.8 Å². The molecule has 1 nitrogen and oxygen atoms in total. The summed E-state index contributed by atoms with van der Waals surface area (Å²) in [5.74, 6) is 1.16. The van der Waals surface area contributed by atoms with E-state index >= 15 is 0 Å². The predicted octanol–water partition coefficient (Wildman–Crippen LogP) is 3.66. The van der Waals surface area contributed by atoms with E-state index in [0.29, 0.717) is 0 Å². The summed E-state index contributed by atoms with van der Waals surface area (Å²) in [7, 11) is 0. The van der Waals surface area contributed by atoms with Gasteiger partial charge in [0.25, 0.3) is 0 Å². The van der Waals surface area contributed by atoms with Crippen LogP contribution in [0.4, 0.5) is 0 Å². The van der Waals surface area contributed by atoms with E-state index in [0.717, 1.165) is 25.4 Å². The van der Waals surface area contributed by atoms with Gasteiger partial charge in [0.1, 0.15) is 0 Å². The van der Waals surface area contributed by atoms with Gasteiger partial charge in [-0.1, -0.05) is 30.3 Å². The van der Waals surface area contributed by atoms with Crippen molar-refractivity contribution in [1.82, 2.24) is 0 Å². The zero-order valence-electron chi connectivity index (χ0n) is 9.52. The van der Waals surface area contributed by atoms with E-state index in [9.17, 15) is 0 Å². The van der Waals surface area contributed by atoms with Crippen molar-refractivity contribution in [1.29, 1.82) is 0 Å². The summed E-state index contributed by atoms with van der Waals surface area (Å²) < 4.78 is 5.42. The normalized spacial score (nSPS) is 18.9. The molecule has 0 unspecified atom stereocenters. The lowest BCUT2D eigenvalue weighted by Crippen LogP contribution is -2.07. The van der Waals surface area contributed by atoms with Gasteiger partial charge in [-0.15, -0.1) is 11.8 Å². The Bertz CT molecular complexity index is 324. The van der Waals surface area contributed by atoms with Crippen molar-refractivity contribution in [3.63, 3.8) is 0 Å². The molecule has 1 fully saturated rings. The largest absolute Gasteiger partial charge is 0.377 e. The van der Waals surface area contributed by atoms with Crippen molar-refractivity contribution < 1.29 is 4.74 Å². The van der Waals surface area contributed by atoms with Crippen LogP contribution < -0.4 is 0 Å². The van der Waals surface area contributed by atoms with Gasteiger partial charge in [-0.3, -0.25) is 0 Å². The second-order valence-corrected chi connectivity index (χ2v) is 5.02. The van der Waals surface area contributed by atoms with Gasteiger partial charge in [-0.05, 0) is 35.8 Å². The molecule has 1 heterocycles. The number of aryl methyl sites for hydroxylation is 1. The monoisotopic (exact) mass is 234 g/mol. The first-order chi connectivity index (χ1) is 7.95. The summed E-state index contributed by atoms with van der Waals surface area (Å²) in [6.45, 7) is 1.78. The molecule has 0 radical (unpaired) electrons. The fourth-order valence-corrected chi connectivity index (χ4v) is 2.66. The van der Waals surface area contributed by atoms with Crippen LogP contribution in [0.2, 0.25) is 0 Å². The van der Waals surface area contributed by atoms with Crippen molar-refractivity contribution in [2.24, 2.45) is 0 Å². The third-order valence-electron chi connectivity index (χ3n) is 2.68. The lowest BCUT2D eigenvalue weighted by Gasteiger charge is -2.14. The standard InChI is InChI=1S/C14H18OS/c1-2-5-13(6-3-1)8-10-16-12-14-7-4-9-15-11-14/h1-3,5-6,12H,4,7-11H2/b14-12-. The summed E-state index contributed by atoms with van der Waals surface area (Å²) in [5, 5.41) is 2.29. The average Bonchev–Trinajstić information content (AvgIpc) is 2.37. The third kappa shape index (κ3) is 4.03. The second-order valence-electron chi connectivity index (χ2n) is 4.04. The summed E-state index contributed by atoms with van der Waals surface area (Å²) >= 11 is 1.91. The van der Waals surface area contributed by atoms with Gasteiger partial charge in [0, 0.05) is 12.4 Å². The van der Waals surface area contributed by atoms with E-state index in [4.69, 9.17) is 4.74 Å². The topological polar surface area (TPSA) is 9.23 Å². The zero-order valence-corrected chi connectivity index (χ0v) is 10.3. The highest BCUT2D eigenvalue weighted by atomic mass is 32.2. The van der Waals surface area contributed by atoms with Gasteiger partial charge in [-0.25, -0.2) is 0 Å². The van der Waals surface area contributed by atoms with Gasteiger partial charge in [0.15, 0.2) is 0 Å². The van der Waals surface area contributed by atoms with E-state index in [2.05, 4.69) is 35.7 Å². The first-order valence-corrected chi connectivity index (χ1v) is 6.91. The van der Waals surface area contributed by atoms with Crippen molar-refractivity contribution in [2.75, 3.05) is 19.0 Å². The van der Waals surface area contributed by atoms with Crippen molar-refractivity contribution in [3.8, 4) is 0 Å². The molecule has 86 valence electrons. The van der Waals surface area contributed by atoms with Crippen LogP contribution in [-0.4, -0.2) is 19.0 Å². The number of thioether (sulfide) groups is 1. The summed E-state index contributed by atoms with van der Waals surface area (Å²) in [6, 6.07) is 10.7. The molecule has 1 aromatic rings. The molecule has 0 bridgehead atoms. The minimum Gasteiger partial charge on any atom is -0.377 e. The molecule has 0 saturated carbocycles. The average molecular weight is 234 g/mol. The molecule has 1 aliphatic rings. The van der Waals surface area contributed by atoms with Crippen LogP contribution in [0.5, 0.6) is 0 Å². The molecule has 0 atom stereocenters. The number of rotatable bonds is 4. The molecular weight excluding hydrogens is 216 g/mol. The molecule has 1 aliphatic heterocycles. The molecule has 1 aromatic carbocycles. The predicted molar refractivity (Wildman–Crippen MR) is 70.7 cm³/mol. The van der Waals surface area contributed by atoms with Crippen molar-refractivity contribution in [2.45, 2.75) is 19.3 Å². The highest BCUT2D eigenvalue weighted by molar-refractivity contribution is 8.02. The van der Waals surface area contributed by atoms with E-state index < -0.39 is 0 Å². The van der Waals surface area contributed by atoms with Gasteiger partial charge in [0.05, 0.1) is 6.61 Å². The van der Waals surface area contributed by atoms with Crippen molar-refractivity contribution >= 4 is 11.8 Å². The van der Waals surface area contributed by atoms with E-state index in [1.165, 1.54) is 24.0 Å². The molecule has 0 amide bonds. The molecule has 2 rings (SSSR count). The number of benzene rings is 1. The minimum atomic E-state index is 0.846. The molecule has 2 heteroatoms. The Balaban J connectivity index is 1.68. The van der Waals surface area contributed by atoms with Crippen LogP contribution in [-0.2, 0) is 11.2 Å². The molecule has 0 aromatic heterocycles. The maximum Gasteiger partial charge on any atom is 0.0684 e. The molecule has 0 spiro atoms. The smallest absolute Gasteiger partial charge is 0.0684 e. The second kappa shape index (κ2) is 6.77. The van der Waals surface area contributed by atoms with Gasteiger partial charge in [-0.2, -0.15) is 0 Å². The maximum absolute atomic E-state index is 5.42. The van der Waals surface area contributed by atoms with Gasteiger partial charge >= 0.3 is 0 Å². The lowest BCUT2D eigenvalue weighted by molar-refractivity contribution is 0.130. The van der Waals surface area contributed by atoms with Crippen LogP contribution in [0.15, 0.2) is 41.3 Å². The van der Waals surface area contributed by atoms with Crippen LogP contribution in [0.3, 0.4) is 0 Å². The fraction of sp³-hybridized carbons (Fsp3) is 0.429. The molecule has 0 N–H and O–H groups in total. The Morgan fingerprint density at radius 1 is 1.25 bits per heavy atom. The Hall–Kier alpha value is -0.730. The Labute approximate surface area is 102 Å². The quantitative estimate of drug-likeness (QED) is 0.735. The van der Waals surface area contributed by atoms with E-state index in [1.54, 1.807) is 0 Å². The Kier molecular flexibility index (Phi) is 4.97. The molecule has 0 aliphatic carbocycles. The Morgan fingerprint density at radius 2 is 2.12 bits per heavy atom. The van der Waals surface area contributed by atoms with Gasteiger partial charge < -0.3 is 4.74 Å². The third-order valence-corrected chi connectivity index (χ3v) is 3.62. The van der Waals surface area contributed by atoms with E-state index in [-0.39, 0.29) is 0 Å². The van der Waals surface area contributed by atoms with Crippen LogP contribution in [0.1, 0.15) is 18.4 Å². The van der Waals surface area contributed by atoms with Crippen LogP contribution in [0, 0.1) is 0 Å². The molecule has 1 saturated heterocycles. The molecular formula is C14H18OS. The summed E-state index contributed by atoms with van der Waals surface area (Å²) in [6.07, 6.45) is 3.56. The fourth-order valence-electron chi connectivity index (χ4n) is 1.77. The number of hydrogen-bond acceptors (Lipinski definition) is 2. The first-order valence-electron chi connectivity index (χ1n) is 5.86. The lowest BCUT2D eigenvalue weighted by atomic mass is 10.1. The Morgan fingerprint density at radius 3 is 2.88 bits per heavy atom. The van der Waals surface area contributed by atoms with E-state index in [1.807, 2.05) is 11.8 Å². The highest BCUT2D eigenvalue weighted by Gasteiger charge is 2.04. The summed E-state index contributed by atoms with van der Waals surface area (Å²) in [5.41, 5.74) is 2.89. The summed E-state index contributed by atoms with van der Waals surface area (Å²) in [4.78, 5) is 0. The SMILES string of the molecule is C(/SCCc1ccccc1)=C1\CCCOC1. The molecule has 16 heavy (non-hydrogen) atoms. The number of hydrogen-bond donors (Lipinski definition) is 0. The number of ether oxygens (including phenoxy) is 1. The van der Waals surface area contributed by atoms with Crippen molar-refractivity contribution in [3.05, 3.63) is 46.9 Å². The maximum atomic E-state index is 5.42. The van der Waals surface area contributed by atoms with Gasteiger partial charge in [0.2, 0.25) is 0 Å². The zero-order chi connectivity index (χ0) is 11.1. The van der Waals surface area contributed by atoms with Crippen LogP contribution in [0.25, 0.3) is 0 Å².